The van der Waals surface area contributed by atoms with E-state index >= 15 is 0 Å². The summed E-state index contributed by atoms with van der Waals surface area (Å²) in [7, 11) is -3.83. The van der Waals surface area contributed by atoms with Gasteiger partial charge >= 0.3 is 0 Å². The predicted molar refractivity (Wildman–Crippen MR) is 71.6 cm³/mol. The first-order chi connectivity index (χ1) is 9.12. The van der Waals surface area contributed by atoms with Crippen LogP contribution in [0.1, 0.15) is 0 Å². The van der Waals surface area contributed by atoms with Crippen molar-refractivity contribution in [3.8, 4) is 0 Å². The summed E-state index contributed by atoms with van der Waals surface area (Å²) < 4.78 is 32.1. The fourth-order valence-electron chi connectivity index (χ4n) is 1.51. The number of sulfonamides is 1. The Hall–Kier alpha value is -1.76. The van der Waals surface area contributed by atoms with Crippen LogP contribution in [0.25, 0.3) is 4.96 Å². The second-order valence-corrected chi connectivity index (χ2v) is 6.61. The van der Waals surface area contributed by atoms with E-state index in [2.05, 4.69) is 24.7 Å². The van der Waals surface area contributed by atoms with Gasteiger partial charge in [0, 0.05) is 23.1 Å². The normalized spacial score (nSPS) is 11.8. The van der Waals surface area contributed by atoms with Crippen LogP contribution in [0.2, 0.25) is 0 Å². The van der Waals surface area contributed by atoms with Gasteiger partial charge in [-0.3, -0.25) is 9.12 Å². The number of nitrogen functional groups attached to an aromatic ring is 1. The Kier molecular flexibility index (Phi) is 2.85. The SMILES string of the molecule is NNc1nc2sccn2c1S(=O)(=O)Nc1cnns1. The van der Waals surface area contributed by atoms with Crippen molar-refractivity contribution in [1.82, 2.24) is 19.0 Å². The van der Waals surface area contributed by atoms with Gasteiger partial charge in [0.2, 0.25) is 5.03 Å². The molecule has 4 N–H and O–H groups in total. The number of rotatable bonds is 4. The molecular weight excluding hydrogens is 310 g/mol. The monoisotopic (exact) mass is 317 g/mol. The zero-order valence-corrected chi connectivity index (χ0v) is 11.6. The van der Waals surface area contributed by atoms with Crippen LogP contribution in [0.4, 0.5) is 10.8 Å². The molecule has 19 heavy (non-hydrogen) atoms. The molecule has 0 bridgehead atoms. The lowest BCUT2D eigenvalue weighted by Gasteiger charge is -2.05. The highest BCUT2D eigenvalue weighted by Gasteiger charge is 2.26. The summed E-state index contributed by atoms with van der Waals surface area (Å²) in [6, 6.07) is 0. The highest BCUT2D eigenvalue weighted by Crippen LogP contribution is 2.27. The van der Waals surface area contributed by atoms with Crippen LogP contribution in [0, 0.1) is 0 Å². The van der Waals surface area contributed by atoms with Crippen molar-refractivity contribution >= 4 is 48.7 Å². The number of anilines is 2. The molecule has 0 aliphatic rings. The molecule has 12 heteroatoms. The maximum Gasteiger partial charge on any atom is 0.282 e. The van der Waals surface area contributed by atoms with E-state index in [0.717, 1.165) is 11.5 Å². The first-order valence-corrected chi connectivity index (χ1v) is 7.98. The molecule has 0 saturated carbocycles. The zero-order chi connectivity index (χ0) is 13.5. The van der Waals surface area contributed by atoms with Gasteiger partial charge in [-0.2, -0.15) is 13.4 Å². The largest absolute Gasteiger partial charge is 0.306 e. The maximum absolute atomic E-state index is 12.3. The summed E-state index contributed by atoms with van der Waals surface area (Å²) in [5.74, 6) is 5.39. The number of hydrogen-bond acceptors (Lipinski definition) is 9. The third kappa shape index (κ3) is 2.03. The number of imidazole rings is 1. The quantitative estimate of drug-likeness (QED) is 0.467. The zero-order valence-electron chi connectivity index (χ0n) is 9.14. The number of nitrogens with zero attached hydrogens (tertiary/aromatic N) is 4. The molecule has 3 rings (SSSR count). The second kappa shape index (κ2) is 4.41. The average molecular weight is 317 g/mol. The molecule has 0 aliphatic carbocycles. The second-order valence-electron chi connectivity index (χ2n) is 3.35. The summed E-state index contributed by atoms with van der Waals surface area (Å²) >= 11 is 2.24. The van der Waals surface area contributed by atoms with Crippen molar-refractivity contribution in [3.63, 3.8) is 0 Å². The fourth-order valence-corrected chi connectivity index (χ4v) is 4.21. The molecule has 0 spiro atoms. The van der Waals surface area contributed by atoms with Crippen molar-refractivity contribution in [1.29, 1.82) is 0 Å². The van der Waals surface area contributed by atoms with Crippen molar-refractivity contribution in [2.24, 2.45) is 5.84 Å². The van der Waals surface area contributed by atoms with Crippen molar-refractivity contribution in [3.05, 3.63) is 17.8 Å². The van der Waals surface area contributed by atoms with Crippen molar-refractivity contribution in [2.75, 3.05) is 10.1 Å². The number of nitrogens with two attached hydrogens (primary N) is 1. The molecule has 0 aromatic carbocycles. The lowest BCUT2D eigenvalue weighted by atomic mass is 10.7. The van der Waals surface area contributed by atoms with E-state index in [-0.39, 0.29) is 10.8 Å². The van der Waals surface area contributed by atoms with Crippen LogP contribution in [-0.2, 0) is 10.0 Å². The molecule has 0 atom stereocenters. The number of hydrogen-bond donors (Lipinski definition) is 3. The van der Waals surface area contributed by atoms with Crippen LogP contribution in [-0.4, -0.2) is 27.4 Å². The molecule has 0 amide bonds. The van der Waals surface area contributed by atoms with E-state index < -0.39 is 10.0 Å². The smallest absolute Gasteiger partial charge is 0.282 e. The molecule has 0 aliphatic heterocycles. The number of nitrogens with one attached hydrogen (secondary N) is 2. The minimum Gasteiger partial charge on any atom is -0.306 e. The molecule has 3 heterocycles. The van der Waals surface area contributed by atoms with Gasteiger partial charge in [-0.15, -0.1) is 16.4 Å². The average Bonchev–Trinajstić information content (AvgIpc) is 3.01. The third-order valence-electron chi connectivity index (χ3n) is 2.21. The summed E-state index contributed by atoms with van der Waals surface area (Å²) in [4.78, 5) is 4.61. The first kappa shape index (κ1) is 12.3. The topological polar surface area (TPSA) is 127 Å². The van der Waals surface area contributed by atoms with E-state index in [1.807, 2.05) is 0 Å². The lowest BCUT2D eigenvalue weighted by Crippen LogP contribution is -2.18. The van der Waals surface area contributed by atoms with E-state index in [4.69, 9.17) is 5.84 Å². The number of aromatic nitrogens is 4. The predicted octanol–water partition coefficient (Wildman–Crippen LogP) is 0.334. The Labute approximate surface area is 115 Å². The van der Waals surface area contributed by atoms with Gasteiger partial charge in [0.05, 0.1) is 6.20 Å². The molecule has 100 valence electrons. The van der Waals surface area contributed by atoms with Crippen molar-refractivity contribution < 1.29 is 8.42 Å². The van der Waals surface area contributed by atoms with Gasteiger partial charge < -0.3 is 5.43 Å². The molecule has 9 nitrogen and oxygen atoms in total. The maximum atomic E-state index is 12.3. The Morgan fingerprint density at radius 2 is 2.26 bits per heavy atom. The third-order valence-corrected chi connectivity index (χ3v) is 5.06. The molecule has 0 radical (unpaired) electrons. The molecular formula is C7H7N7O2S3. The van der Waals surface area contributed by atoms with Crippen LogP contribution in [0.3, 0.4) is 0 Å². The number of hydrazine groups is 1. The van der Waals surface area contributed by atoms with Gasteiger partial charge in [-0.05, 0) is 0 Å². The molecule has 0 saturated heterocycles. The van der Waals surface area contributed by atoms with E-state index in [1.54, 1.807) is 11.6 Å². The highest BCUT2D eigenvalue weighted by molar-refractivity contribution is 7.93. The van der Waals surface area contributed by atoms with Gasteiger partial charge in [-0.25, -0.2) is 5.84 Å². The Balaban J connectivity index is 2.14. The molecule has 0 unspecified atom stereocenters. The number of thiazole rings is 1. The minimum absolute atomic E-state index is 0.0559. The molecule has 3 aromatic rings. The Morgan fingerprint density at radius 3 is 2.95 bits per heavy atom. The number of fused-ring (bicyclic) bond motifs is 1. The highest BCUT2D eigenvalue weighted by atomic mass is 32.2. The van der Waals surface area contributed by atoms with Gasteiger partial charge in [0.1, 0.15) is 5.00 Å². The summed E-state index contributed by atoms with van der Waals surface area (Å²) in [5.41, 5.74) is 2.28. The van der Waals surface area contributed by atoms with E-state index in [1.165, 1.54) is 21.9 Å². The van der Waals surface area contributed by atoms with Crippen LogP contribution >= 0.6 is 22.9 Å². The Morgan fingerprint density at radius 1 is 1.42 bits per heavy atom. The lowest BCUT2D eigenvalue weighted by molar-refractivity contribution is 0.597. The minimum atomic E-state index is -3.83. The Bertz CT molecular complexity index is 803. The van der Waals surface area contributed by atoms with E-state index in [0.29, 0.717) is 9.96 Å². The van der Waals surface area contributed by atoms with Crippen LogP contribution < -0.4 is 16.0 Å². The summed E-state index contributed by atoms with van der Waals surface area (Å²) in [6.07, 6.45) is 2.93. The van der Waals surface area contributed by atoms with Crippen LogP contribution in [0.15, 0.2) is 22.8 Å². The van der Waals surface area contributed by atoms with Crippen LogP contribution in [0.5, 0.6) is 0 Å². The first-order valence-electron chi connectivity index (χ1n) is 4.84. The van der Waals surface area contributed by atoms with Gasteiger partial charge in [0.15, 0.2) is 10.8 Å². The summed E-state index contributed by atoms with van der Waals surface area (Å²) in [6.45, 7) is 0. The fraction of sp³-hybridized carbons (Fsp3) is 0. The molecule has 0 fully saturated rings. The van der Waals surface area contributed by atoms with Gasteiger partial charge in [0.25, 0.3) is 10.0 Å². The summed E-state index contributed by atoms with van der Waals surface area (Å²) in [5, 5.41) is 5.55. The standard InChI is InChI=1S/C7H7N7O2S3/c8-11-5-6(14-1-2-17-7(14)10-5)19(15,16)12-4-3-9-13-18-4/h1-3,11-12H,8H2. The molecule has 3 aromatic heterocycles. The van der Waals surface area contributed by atoms with Gasteiger partial charge in [-0.1, -0.05) is 4.49 Å². The van der Waals surface area contributed by atoms with Crippen molar-refractivity contribution in [2.45, 2.75) is 5.03 Å². The van der Waals surface area contributed by atoms with E-state index in [9.17, 15) is 8.42 Å².